The summed E-state index contributed by atoms with van der Waals surface area (Å²) in [6.45, 7) is 2.07. The Morgan fingerprint density at radius 2 is 1.86 bits per heavy atom. The van der Waals surface area contributed by atoms with Crippen molar-refractivity contribution in [3.05, 3.63) is 99.0 Å². The van der Waals surface area contributed by atoms with Crippen LogP contribution in [-0.2, 0) is 9.59 Å². The Morgan fingerprint density at radius 1 is 1.03 bits per heavy atom. The second-order valence-corrected chi connectivity index (χ2v) is 9.94. The zero-order chi connectivity index (χ0) is 23.9. The zero-order valence-electron chi connectivity index (χ0n) is 19.2. The first-order valence-electron chi connectivity index (χ1n) is 11.6. The minimum Gasteiger partial charge on any atom is -0.454 e. The Hall–Kier alpha value is -3.84. The van der Waals surface area contributed by atoms with E-state index in [1.165, 1.54) is 4.88 Å². The molecule has 3 aromatic rings. The van der Waals surface area contributed by atoms with Crippen LogP contribution in [-0.4, -0.2) is 18.5 Å². The molecule has 2 atom stereocenters. The van der Waals surface area contributed by atoms with Crippen molar-refractivity contribution in [3.8, 4) is 11.5 Å². The summed E-state index contributed by atoms with van der Waals surface area (Å²) in [7, 11) is 0. The van der Waals surface area contributed by atoms with Gasteiger partial charge in [-0.3, -0.25) is 9.59 Å². The average molecular weight is 485 g/mol. The molecule has 0 unspecified atom stereocenters. The molecule has 0 fully saturated rings. The standard InChI is InChI=1S/C28H24N2O4S/c1-16-25(28(32)30-19-6-3-2-4-7-19)26(17-9-10-22-23(14-17)34-15-33-22)27-20(29-16)12-18(13-21(27)31)24-8-5-11-35-24/h2-11,14,18,26,29H,12-13,15H2,1H3,(H,30,32)/t18-,26+/m1/s1. The molecule has 2 aromatic carbocycles. The van der Waals surface area contributed by atoms with Crippen LogP contribution in [0.4, 0.5) is 5.69 Å². The highest BCUT2D eigenvalue weighted by Gasteiger charge is 2.41. The average Bonchev–Trinajstić information content (AvgIpc) is 3.55. The highest BCUT2D eigenvalue weighted by Crippen LogP contribution is 2.47. The molecule has 2 N–H and O–H groups in total. The van der Waals surface area contributed by atoms with E-state index in [9.17, 15) is 9.59 Å². The number of amides is 1. The Morgan fingerprint density at radius 3 is 2.66 bits per heavy atom. The van der Waals surface area contributed by atoms with Crippen LogP contribution >= 0.6 is 11.3 Å². The summed E-state index contributed by atoms with van der Waals surface area (Å²) in [5.41, 5.74) is 4.39. The molecule has 35 heavy (non-hydrogen) atoms. The maximum Gasteiger partial charge on any atom is 0.254 e. The van der Waals surface area contributed by atoms with Crippen LogP contribution in [0.1, 0.15) is 42.0 Å². The van der Waals surface area contributed by atoms with Crippen molar-refractivity contribution in [1.29, 1.82) is 0 Å². The number of ether oxygens (including phenoxy) is 2. The molecule has 6 nitrogen and oxygen atoms in total. The molecule has 1 aromatic heterocycles. The molecule has 0 bridgehead atoms. The minimum absolute atomic E-state index is 0.0670. The fourth-order valence-electron chi connectivity index (χ4n) is 5.21. The van der Waals surface area contributed by atoms with Crippen molar-refractivity contribution in [3.63, 3.8) is 0 Å². The van der Waals surface area contributed by atoms with Gasteiger partial charge in [-0.1, -0.05) is 30.3 Å². The van der Waals surface area contributed by atoms with E-state index in [-0.39, 0.29) is 24.4 Å². The summed E-state index contributed by atoms with van der Waals surface area (Å²) < 4.78 is 11.1. The first kappa shape index (κ1) is 21.7. The minimum atomic E-state index is -0.499. The summed E-state index contributed by atoms with van der Waals surface area (Å²) >= 11 is 1.68. The van der Waals surface area contributed by atoms with Crippen molar-refractivity contribution < 1.29 is 19.1 Å². The van der Waals surface area contributed by atoms with E-state index in [1.807, 2.05) is 66.9 Å². The summed E-state index contributed by atoms with van der Waals surface area (Å²) in [5.74, 6) is 0.768. The number of nitrogens with one attached hydrogen (secondary N) is 2. The van der Waals surface area contributed by atoms with Gasteiger partial charge in [-0.2, -0.15) is 0 Å². The van der Waals surface area contributed by atoms with Gasteiger partial charge in [0.1, 0.15) is 0 Å². The third-order valence-electron chi connectivity index (χ3n) is 6.78. The van der Waals surface area contributed by atoms with Gasteiger partial charge in [0.25, 0.3) is 5.91 Å². The smallest absolute Gasteiger partial charge is 0.254 e. The second kappa shape index (κ2) is 8.74. The molecular weight excluding hydrogens is 460 g/mol. The first-order chi connectivity index (χ1) is 17.1. The van der Waals surface area contributed by atoms with Crippen LogP contribution < -0.4 is 20.1 Å². The summed E-state index contributed by atoms with van der Waals surface area (Å²) in [6, 6.07) is 19.1. The van der Waals surface area contributed by atoms with Gasteiger partial charge < -0.3 is 20.1 Å². The Kier molecular flexibility index (Phi) is 5.41. The van der Waals surface area contributed by atoms with Crippen molar-refractivity contribution in [2.75, 3.05) is 12.1 Å². The van der Waals surface area contributed by atoms with E-state index in [2.05, 4.69) is 16.7 Å². The van der Waals surface area contributed by atoms with E-state index >= 15 is 0 Å². The van der Waals surface area contributed by atoms with Gasteiger partial charge in [-0.25, -0.2) is 0 Å². The van der Waals surface area contributed by atoms with Crippen LogP contribution in [0.15, 0.2) is 88.6 Å². The van der Waals surface area contributed by atoms with Gasteiger partial charge in [-0.05, 0) is 54.6 Å². The molecule has 6 rings (SSSR count). The van der Waals surface area contributed by atoms with E-state index in [4.69, 9.17) is 9.47 Å². The highest BCUT2D eigenvalue weighted by molar-refractivity contribution is 7.10. The van der Waals surface area contributed by atoms with Gasteiger partial charge in [0.2, 0.25) is 6.79 Å². The molecule has 3 heterocycles. The largest absolute Gasteiger partial charge is 0.454 e. The number of carbonyl (C=O) groups is 2. The predicted octanol–water partition coefficient (Wildman–Crippen LogP) is 5.48. The van der Waals surface area contributed by atoms with Gasteiger partial charge in [-0.15, -0.1) is 11.3 Å². The second-order valence-electron chi connectivity index (χ2n) is 8.97. The van der Waals surface area contributed by atoms with Crippen molar-refractivity contribution in [2.24, 2.45) is 0 Å². The van der Waals surface area contributed by atoms with Crippen LogP contribution in [0.3, 0.4) is 0 Å². The van der Waals surface area contributed by atoms with Crippen LogP contribution in [0.25, 0.3) is 0 Å². The maximum atomic E-state index is 13.7. The number of rotatable bonds is 4. The topological polar surface area (TPSA) is 76.7 Å². The molecule has 0 saturated carbocycles. The Labute approximate surface area is 207 Å². The van der Waals surface area contributed by atoms with Crippen LogP contribution in [0, 0.1) is 0 Å². The third kappa shape index (κ3) is 3.91. The molecule has 0 radical (unpaired) electrons. The molecule has 7 heteroatoms. The predicted molar refractivity (Wildman–Crippen MR) is 135 cm³/mol. The molecule has 0 spiro atoms. The molecule has 3 aliphatic rings. The van der Waals surface area contributed by atoms with Crippen molar-refractivity contribution in [1.82, 2.24) is 5.32 Å². The number of fused-ring (bicyclic) bond motifs is 1. The molecule has 0 saturated heterocycles. The van der Waals surface area contributed by atoms with Crippen molar-refractivity contribution >= 4 is 28.7 Å². The molecule has 2 aliphatic heterocycles. The maximum absolute atomic E-state index is 13.7. The number of ketones is 1. The lowest BCUT2D eigenvalue weighted by atomic mass is 9.72. The Balaban J connectivity index is 1.43. The van der Waals surface area contributed by atoms with Gasteiger partial charge >= 0.3 is 0 Å². The number of thiophene rings is 1. The number of hydrogen-bond acceptors (Lipinski definition) is 6. The monoisotopic (exact) mass is 484 g/mol. The lowest BCUT2D eigenvalue weighted by molar-refractivity contribution is -0.116. The van der Waals surface area contributed by atoms with E-state index < -0.39 is 5.92 Å². The summed E-state index contributed by atoms with van der Waals surface area (Å²) in [6.07, 6.45) is 1.16. The third-order valence-corrected chi connectivity index (χ3v) is 7.81. The quantitative estimate of drug-likeness (QED) is 0.513. The fraction of sp³-hybridized carbons (Fsp3) is 0.214. The number of allylic oxidation sites excluding steroid dienone is 3. The lowest BCUT2D eigenvalue weighted by Crippen LogP contribution is -2.37. The summed E-state index contributed by atoms with van der Waals surface area (Å²) in [5, 5.41) is 8.49. The SMILES string of the molecule is CC1=C(C(=O)Nc2ccccc2)[C@H](c2ccc3c(c2)OCO3)C2=C(C[C@@H](c3cccs3)CC2=O)N1. The lowest BCUT2D eigenvalue weighted by Gasteiger charge is -2.36. The first-order valence-corrected chi connectivity index (χ1v) is 12.5. The van der Waals surface area contributed by atoms with E-state index in [1.54, 1.807) is 11.3 Å². The highest BCUT2D eigenvalue weighted by atomic mass is 32.1. The number of anilines is 1. The van der Waals surface area contributed by atoms with Gasteiger partial charge in [0.05, 0.1) is 0 Å². The van der Waals surface area contributed by atoms with E-state index in [0.29, 0.717) is 34.8 Å². The Bertz CT molecular complexity index is 1380. The molecule has 1 amide bonds. The number of dihydropyridines is 1. The molecular formula is C28H24N2O4S. The molecule has 1 aliphatic carbocycles. The van der Waals surface area contributed by atoms with Crippen LogP contribution in [0.5, 0.6) is 11.5 Å². The van der Waals surface area contributed by atoms with Crippen LogP contribution in [0.2, 0.25) is 0 Å². The number of carbonyl (C=O) groups excluding carboxylic acids is 2. The molecule has 176 valence electrons. The fourth-order valence-corrected chi connectivity index (χ4v) is 6.04. The number of hydrogen-bond donors (Lipinski definition) is 2. The number of benzene rings is 2. The zero-order valence-corrected chi connectivity index (χ0v) is 20.0. The number of para-hydroxylation sites is 1. The summed E-state index contributed by atoms with van der Waals surface area (Å²) in [4.78, 5) is 28.5. The van der Waals surface area contributed by atoms with Gasteiger partial charge in [0, 0.05) is 51.4 Å². The number of Topliss-reactive ketones (excluding diaryl/α,β-unsaturated/α-hetero) is 1. The normalized spacial score (nSPS) is 21.0. The van der Waals surface area contributed by atoms with Gasteiger partial charge in [0.15, 0.2) is 17.3 Å². The van der Waals surface area contributed by atoms with Crippen molar-refractivity contribution in [2.45, 2.75) is 31.6 Å². The van der Waals surface area contributed by atoms with E-state index in [0.717, 1.165) is 23.4 Å².